The third kappa shape index (κ3) is 3.74. The van der Waals surface area contributed by atoms with Crippen LogP contribution in [0.15, 0.2) is 48.0 Å². The van der Waals surface area contributed by atoms with Crippen molar-refractivity contribution in [2.24, 2.45) is 0 Å². The summed E-state index contributed by atoms with van der Waals surface area (Å²) < 4.78 is 0. The number of carbonyl (C=O) groups is 1. The molecule has 4 heteroatoms. The van der Waals surface area contributed by atoms with Gasteiger partial charge in [-0.25, -0.2) is 4.79 Å². The van der Waals surface area contributed by atoms with Gasteiger partial charge in [0.05, 0.1) is 0 Å². The molecule has 2 N–H and O–H groups in total. The second-order valence-corrected chi connectivity index (χ2v) is 5.89. The molecule has 3 nitrogen and oxygen atoms in total. The molecule has 0 bridgehead atoms. The molecule has 0 saturated carbocycles. The van der Waals surface area contributed by atoms with E-state index in [1.165, 1.54) is 5.56 Å². The minimum absolute atomic E-state index is 0. The molecule has 23 heavy (non-hydrogen) atoms. The predicted octanol–water partition coefficient (Wildman–Crippen LogP) is 4.76. The van der Waals surface area contributed by atoms with Crippen LogP contribution in [-0.2, 0) is 4.79 Å². The zero-order valence-electron chi connectivity index (χ0n) is 13.2. The van der Waals surface area contributed by atoms with Crippen LogP contribution in [0.4, 0.5) is 5.69 Å². The van der Waals surface area contributed by atoms with Crippen molar-refractivity contribution in [2.75, 3.05) is 5.32 Å². The van der Waals surface area contributed by atoms with Crippen molar-refractivity contribution in [3.63, 3.8) is 0 Å². The number of anilines is 1. The van der Waals surface area contributed by atoms with E-state index >= 15 is 0 Å². The maximum Gasteiger partial charge on any atom is 0.331 e. The molecule has 0 spiro atoms. The molecule has 0 radical (unpaired) electrons. The second kappa shape index (κ2) is 6.88. The van der Waals surface area contributed by atoms with E-state index in [4.69, 9.17) is 0 Å². The Morgan fingerprint density at radius 1 is 1.13 bits per heavy atom. The SMILES string of the molecule is Cc1ccc(-c2ccc3c(c2)C=C(C(=O)O)CC(C)N3)cc1.Cl. The van der Waals surface area contributed by atoms with Crippen LogP contribution in [0.25, 0.3) is 17.2 Å². The molecule has 120 valence electrons. The van der Waals surface area contributed by atoms with Gasteiger partial charge in [-0.3, -0.25) is 0 Å². The molecular formula is C19H20ClNO2. The van der Waals surface area contributed by atoms with Crippen molar-refractivity contribution in [2.45, 2.75) is 26.3 Å². The summed E-state index contributed by atoms with van der Waals surface area (Å²) in [5.74, 6) is -0.845. The second-order valence-electron chi connectivity index (χ2n) is 5.89. The van der Waals surface area contributed by atoms with Crippen LogP contribution in [0, 0.1) is 6.92 Å². The third-order valence-electron chi connectivity index (χ3n) is 3.97. The highest BCUT2D eigenvalue weighted by Crippen LogP contribution is 2.30. The highest BCUT2D eigenvalue weighted by atomic mass is 35.5. The average Bonchev–Trinajstić information content (AvgIpc) is 2.65. The Kier molecular flexibility index (Phi) is 5.12. The van der Waals surface area contributed by atoms with E-state index in [2.05, 4.69) is 42.6 Å². The van der Waals surface area contributed by atoms with Gasteiger partial charge in [0, 0.05) is 17.3 Å². The van der Waals surface area contributed by atoms with E-state index in [0.29, 0.717) is 12.0 Å². The fourth-order valence-electron chi connectivity index (χ4n) is 2.78. The molecule has 1 unspecified atom stereocenters. The summed E-state index contributed by atoms with van der Waals surface area (Å²) in [6.07, 6.45) is 2.30. The zero-order valence-corrected chi connectivity index (χ0v) is 14.0. The Morgan fingerprint density at radius 3 is 2.43 bits per heavy atom. The number of hydrogen-bond donors (Lipinski definition) is 2. The van der Waals surface area contributed by atoms with Crippen molar-refractivity contribution in [3.8, 4) is 11.1 Å². The van der Waals surface area contributed by atoms with Crippen LogP contribution in [0.2, 0.25) is 0 Å². The first kappa shape index (κ1) is 17.1. The molecule has 2 aromatic rings. The van der Waals surface area contributed by atoms with E-state index in [9.17, 15) is 9.90 Å². The van der Waals surface area contributed by atoms with Crippen LogP contribution in [0.1, 0.15) is 24.5 Å². The van der Waals surface area contributed by atoms with Crippen LogP contribution < -0.4 is 5.32 Å². The maximum atomic E-state index is 11.4. The number of hydrogen-bond acceptors (Lipinski definition) is 2. The topological polar surface area (TPSA) is 49.3 Å². The number of nitrogens with one attached hydrogen (secondary N) is 1. The van der Waals surface area contributed by atoms with E-state index in [1.54, 1.807) is 6.08 Å². The summed E-state index contributed by atoms with van der Waals surface area (Å²) in [6.45, 7) is 4.06. The van der Waals surface area contributed by atoms with Gasteiger partial charge >= 0.3 is 5.97 Å². The minimum atomic E-state index is -0.845. The number of rotatable bonds is 2. The van der Waals surface area contributed by atoms with Gasteiger partial charge in [-0.1, -0.05) is 35.9 Å². The lowest BCUT2D eigenvalue weighted by atomic mass is 10.00. The molecule has 0 fully saturated rings. The van der Waals surface area contributed by atoms with Gasteiger partial charge in [0.15, 0.2) is 0 Å². The van der Waals surface area contributed by atoms with Gasteiger partial charge in [-0.2, -0.15) is 0 Å². The number of carboxylic acids is 1. The van der Waals surface area contributed by atoms with Gasteiger partial charge < -0.3 is 10.4 Å². The quantitative estimate of drug-likeness (QED) is 0.835. The lowest BCUT2D eigenvalue weighted by Crippen LogP contribution is -2.16. The third-order valence-corrected chi connectivity index (χ3v) is 3.97. The Bertz CT molecular complexity index is 750. The first-order valence-corrected chi connectivity index (χ1v) is 7.44. The highest BCUT2D eigenvalue weighted by molar-refractivity contribution is 5.94. The number of fused-ring (bicyclic) bond motifs is 1. The standard InChI is InChI=1S/C19H19NO2.ClH/c1-12-3-5-14(6-4-12)15-7-8-18-16(10-15)11-17(19(21)22)9-13(2)20-18;/h3-8,10-11,13,20H,9H2,1-2H3,(H,21,22);1H. The molecule has 3 rings (SSSR count). The zero-order chi connectivity index (χ0) is 15.7. The highest BCUT2D eigenvalue weighted by Gasteiger charge is 2.18. The molecule has 2 aromatic carbocycles. The minimum Gasteiger partial charge on any atom is -0.478 e. The Balaban J connectivity index is 0.00000192. The van der Waals surface area contributed by atoms with Crippen molar-refractivity contribution < 1.29 is 9.90 Å². The summed E-state index contributed by atoms with van der Waals surface area (Å²) in [6, 6.07) is 14.6. The fraction of sp³-hybridized carbons (Fsp3) is 0.211. The average molecular weight is 330 g/mol. The smallest absolute Gasteiger partial charge is 0.331 e. The molecule has 0 saturated heterocycles. The van der Waals surface area contributed by atoms with Crippen LogP contribution in [0.3, 0.4) is 0 Å². The normalized spacial score (nSPS) is 16.3. The van der Waals surface area contributed by atoms with Gasteiger partial charge in [-0.05, 0) is 55.2 Å². The van der Waals surface area contributed by atoms with Crippen molar-refractivity contribution in [1.29, 1.82) is 0 Å². The lowest BCUT2D eigenvalue weighted by Gasteiger charge is -2.14. The van der Waals surface area contributed by atoms with Crippen molar-refractivity contribution in [3.05, 3.63) is 59.2 Å². The number of aryl methyl sites for hydroxylation is 1. The van der Waals surface area contributed by atoms with Crippen molar-refractivity contribution in [1.82, 2.24) is 0 Å². The molecule has 1 heterocycles. The number of benzene rings is 2. The Morgan fingerprint density at radius 2 is 1.78 bits per heavy atom. The molecule has 0 aromatic heterocycles. The first-order valence-electron chi connectivity index (χ1n) is 7.44. The Hall–Kier alpha value is -2.26. The van der Waals surface area contributed by atoms with E-state index in [0.717, 1.165) is 22.4 Å². The summed E-state index contributed by atoms with van der Waals surface area (Å²) in [5.41, 5.74) is 5.81. The summed E-state index contributed by atoms with van der Waals surface area (Å²) in [5, 5.41) is 12.7. The maximum absolute atomic E-state index is 11.4. The number of halogens is 1. The number of carboxylic acid groups (broad SMARTS) is 1. The van der Waals surface area contributed by atoms with Gasteiger partial charge in [-0.15, -0.1) is 12.4 Å². The fourth-order valence-corrected chi connectivity index (χ4v) is 2.78. The van der Waals surface area contributed by atoms with Gasteiger partial charge in [0.1, 0.15) is 0 Å². The molecule has 0 amide bonds. The summed E-state index contributed by atoms with van der Waals surface area (Å²) in [7, 11) is 0. The Labute approximate surface area is 142 Å². The number of aliphatic carboxylic acids is 1. The van der Waals surface area contributed by atoms with Crippen LogP contribution in [0.5, 0.6) is 0 Å². The lowest BCUT2D eigenvalue weighted by molar-refractivity contribution is -0.132. The van der Waals surface area contributed by atoms with E-state index in [1.807, 2.05) is 19.1 Å². The van der Waals surface area contributed by atoms with Crippen LogP contribution in [-0.4, -0.2) is 17.1 Å². The van der Waals surface area contributed by atoms with E-state index in [-0.39, 0.29) is 18.4 Å². The molecule has 1 aliphatic heterocycles. The van der Waals surface area contributed by atoms with Crippen molar-refractivity contribution >= 4 is 30.1 Å². The molecular weight excluding hydrogens is 310 g/mol. The summed E-state index contributed by atoms with van der Waals surface area (Å²) >= 11 is 0. The predicted molar refractivity (Wildman–Crippen MR) is 97.2 cm³/mol. The van der Waals surface area contributed by atoms with E-state index < -0.39 is 5.97 Å². The largest absolute Gasteiger partial charge is 0.478 e. The van der Waals surface area contributed by atoms with Crippen LogP contribution >= 0.6 is 12.4 Å². The summed E-state index contributed by atoms with van der Waals surface area (Å²) in [4.78, 5) is 11.4. The molecule has 0 aliphatic carbocycles. The van der Waals surface area contributed by atoms with Gasteiger partial charge in [0.2, 0.25) is 0 Å². The molecule has 1 atom stereocenters. The monoisotopic (exact) mass is 329 g/mol. The molecule has 1 aliphatic rings. The first-order chi connectivity index (χ1) is 10.5. The van der Waals surface area contributed by atoms with Gasteiger partial charge in [0.25, 0.3) is 0 Å².